The molecule has 2 aromatic rings. The molecule has 0 unspecified atom stereocenters. The summed E-state index contributed by atoms with van der Waals surface area (Å²) in [6, 6.07) is 10.2. The van der Waals surface area contributed by atoms with Gasteiger partial charge in [-0.25, -0.2) is 5.43 Å². The van der Waals surface area contributed by atoms with Crippen molar-refractivity contribution in [3.63, 3.8) is 0 Å². The van der Waals surface area contributed by atoms with Crippen LogP contribution in [0.2, 0.25) is 5.02 Å². The summed E-state index contributed by atoms with van der Waals surface area (Å²) < 4.78 is 16.7. The number of carbonyl (C=O) groups excluding carboxylic acids is 3. The monoisotopic (exact) mass is 516 g/mol. The highest BCUT2D eigenvalue weighted by Gasteiger charge is 2.19. The second kappa shape index (κ2) is 13.5. The first-order valence-corrected chi connectivity index (χ1v) is 11.9. The van der Waals surface area contributed by atoms with Crippen molar-refractivity contribution >= 4 is 41.2 Å². The molecule has 0 bridgehead atoms. The van der Waals surface area contributed by atoms with Crippen LogP contribution in [0.15, 0.2) is 41.5 Å². The van der Waals surface area contributed by atoms with E-state index in [9.17, 15) is 14.4 Å². The lowest BCUT2D eigenvalue weighted by Crippen LogP contribution is -2.41. The highest BCUT2D eigenvalue weighted by atomic mass is 35.5. The van der Waals surface area contributed by atoms with Crippen LogP contribution in [0, 0.1) is 6.92 Å². The summed E-state index contributed by atoms with van der Waals surface area (Å²) in [5, 5.41) is 9.67. The first-order valence-electron chi connectivity index (χ1n) is 11.5. The van der Waals surface area contributed by atoms with Gasteiger partial charge >= 0.3 is 11.8 Å². The van der Waals surface area contributed by atoms with Gasteiger partial charge in [0.05, 0.1) is 18.9 Å². The normalized spacial score (nSPS) is 14.9. The molecule has 1 fully saturated rings. The minimum atomic E-state index is -0.879. The van der Waals surface area contributed by atoms with Gasteiger partial charge in [-0.3, -0.25) is 14.4 Å². The molecule has 0 saturated carbocycles. The summed E-state index contributed by atoms with van der Waals surface area (Å²) in [7, 11) is 0. The molecule has 0 aromatic heterocycles. The third-order valence-electron chi connectivity index (χ3n) is 5.27. The van der Waals surface area contributed by atoms with Crippen LogP contribution in [0.25, 0.3) is 0 Å². The number of rotatable bonds is 10. The molecule has 3 rings (SSSR count). The average Bonchev–Trinajstić information content (AvgIpc) is 3.39. The number of carbonyl (C=O) groups is 3. The summed E-state index contributed by atoms with van der Waals surface area (Å²) in [5.74, 6) is -1.25. The molecule has 1 aliphatic rings. The molecule has 1 atom stereocenters. The Morgan fingerprint density at radius 1 is 1.17 bits per heavy atom. The Hall–Kier alpha value is -3.63. The molecule has 1 saturated heterocycles. The second-order valence-electron chi connectivity index (χ2n) is 7.93. The van der Waals surface area contributed by atoms with E-state index in [1.54, 1.807) is 36.4 Å². The van der Waals surface area contributed by atoms with Crippen LogP contribution in [0.4, 0.5) is 5.69 Å². The zero-order chi connectivity index (χ0) is 25.9. The van der Waals surface area contributed by atoms with E-state index in [0.29, 0.717) is 41.0 Å². The first-order chi connectivity index (χ1) is 17.4. The minimum Gasteiger partial charge on any atom is -0.490 e. The van der Waals surface area contributed by atoms with Gasteiger partial charge in [0.25, 0.3) is 5.91 Å². The van der Waals surface area contributed by atoms with Crippen LogP contribution in [0.3, 0.4) is 0 Å². The van der Waals surface area contributed by atoms with Crippen LogP contribution in [0.1, 0.15) is 30.9 Å². The van der Waals surface area contributed by atoms with E-state index < -0.39 is 11.8 Å². The largest absolute Gasteiger partial charge is 0.490 e. The summed E-state index contributed by atoms with van der Waals surface area (Å²) in [4.78, 5) is 36.1. The zero-order valence-electron chi connectivity index (χ0n) is 20.1. The van der Waals surface area contributed by atoms with E-state index in [4.69, 9.17) is 25.8 Å². The molecule has 36 heavy (non-hydrogen) atoms. The van der Waals surface area contributed by atoms with Gasteiger partial charge < -0.3 is 24.8 Å². The van der Waals surface area contributed by atoms with Crippen molar-refractivity contribution in [3.05, 3.63) is 52.5 Å². The number of benzene rings is 2. The number of nitrogens with zero attached hydrogens (tertiary/aromatic N) is 1. The number of halogens is 1. The average molecular weight is 517 g/mol. The van der Waals surface area contributed by atoms with Gasteiger partial charge in [-0.1, -0.05) is 17.7 Å². The number of amides is 3. The Kier molecular flexibility index (Phi) is 10.1. The van der Waals surface area contributed by atoms with E-state index in [2.05, 4.69) is 21.2 Å². The Balaban J connectivity index is 1.52. The minimum absolute atomic E-state index is 0.0602. The van der Waals surface area contributed by atoms with Crippen LogP contribution < -0.4 is 25.5 Å². The number of hydrogen-bond acceptors (Lipinski definition) is 7. The molecule has 11 heteroatoms. The van der Waals surface area contributed by atoms with Crippen molar-refractivity contribution in [2.75, 3.05) is 31.7 Å². The first kappa shape index (κ1) is 27.0. The predicted molar refractivity (Wildman–Crippen MR) is 136 cm³/mol. The lowest BCUT2D eigenvalue weighted by molar-refractivity contribution is -0.139. The highest BCUT2D eigenvalue weighted by molar-refractivity contribution is 6.35. The molecule has 10 nitrogen and oxygen atoms in total. The maximum Gasteiger partial charge on any atom is 0.329 e. The molecule has 0 spiro atoms. The summed E-state index contributed by atoms with van der Waals surface area (Å²) in [6.07, 6.45) is 3.11. The lowest BCUT2D eigenvalue weighted by atomic mass is 10.2. The van der Waals surface area contributed by atoms with Crippen molar-refractivity contribution in [2.45, 2.75) is 32.8 Å². The molecule has 3 N–H and O–H groups in total. The lowest BCUT2D eigenvalue weighted by Gasteiger charge is -2.13. The SMILES string of the molecule is CCOc1cc(/C=N\NC(=O)C(=O)NC[C@H]2CCCO2)ccc1OCC(=O)Nc1cccc(Cl)c1C. The second-order valence-corrected chi connectivity index (χ2v) is 8.34. The van der Waals surface area contributed by atoms with Crippen LogP contribution in [-0.4, -0.2) is 56.4 Å². The van der Waals surface area contributed by atoms with Crippen molar-refractivity contribution < 1.29 is 28.6 Å². The fourth-order valence-corrected chi connectivity index (χ4v) is 3.55. The fraction of sp³-hybridized carbons (Fsp3) is 0.360. The Labute approximate surface area is 214 Å². The maximum atomic E-state index is 12.3. The van der Waals surface area contributed by atoms with E-state index in [0.717, 1.165) is 18.4 Å². The van der Waals surface area contributed by atoms with Crippen LogP contribution >= 0.6 is 11.6 Å². The summed E-state index contributed by atoms with van der Waals surface area (Å²) in [6.45, 7) is 4.70. The third kappa shape index (κ3) is 7.96. The standard InChI is InChI=1S/C25H29ClN4O6/c1-3-34-22-12-17(13-28-30-25(33)24(32)27-14-18-6-5-11-35-18)9-10-21(22)36-15-23(31)29-20-8-4-7-19(26)16(20)2/h4,7-10,12-13,18H,3,5-6,11,14-15H2,1-2H3,(H,27,32)(H,29,31)(H,30,33)/b28-13-/t18-/m1/s1. The highest BCUT2D eigenvalue weighted by Crippen LogP contribution is 2.28. The quantitative estimate of drug-likeness (QED) is 0.253. The molecule has 3 amide bonds. The molecule has 1 aliphatic heterocycles. The molecule has 1 heterocycles. The van der Waals surface area contributed by atoms with Gasteiger partial charge in [0, 0.05) is 23.9 Å². The van der Waals surface area contributed by atoms with Crippen molar-refractivity contribution in [1.29, 1.82) is 0 Å². The van der Waals surface area contributed by atoms with Crippen molar-refractivity contribution in [3.8, 4) is 11.5 Å². The van der Waals surface area contributed by atoms with E-state index in [-0.39, 0.29) is 25.2 Å². The maximum absolute atomic E-state index is 12.3. The molecular formula is C25H29ClN4O6. The third-order valence-corrected chi connectivity index (χ3v) is 5.68. The van der Waals surface area contributed by atoms with E-state index in [1.165, 1.54) is 6.21 Å². The number of nitrogens with one attached hydrogen (secondary N) is 3. The van der Waals surface area contributed by atoms with Gasteiger partial charge in [0.2, 0.25) is 0 Å². The number of hydrogen-bond donors (Lipinski definition) is 3. The fourth-order valence-electron chi connectivity index (χ4n) is 3.37. The van der Waals surface area contributed by atoms with Crippen LogP contribution in [0.5, 0.6) is 11.5 Å². The number of hydrazone groups is 1. The van der Waals surface area contributed by atoms with Gasteiger partial charge in [-0.15, -0.1) is 0 Å². The Morgan fingerprint density at radius 3 is 2.75 bits per heavy atom. The van der Waals surface area contributed by atoms with Crippen LogP contribution in [-0.2, 0) is 19.1 Å². The molecule has 2 aromatic carbocycles. The zero-order valence-corrected chi connectivity index (χ0v) is 20.9. The topological polar surface area (TPSA) is 127 Å². The van der Waals surface area contributed by atoms with E-state index >= 15 is 0 Å². The molecule has 0 radical (unpaired) electrons. The molecular weight excluding hydrogens is 488 g/mol. The Bertz CT molecular complexity index is 1120. The van der Waals surface area contributed by atoms with E-state index in [1.807, 2.05) is 13.8 Å². The van der Waals surface area contributed by atoms with Gasteiger partial charge in [-0.05, 0) is 68.1 Å². The predicted octanol–water partition coefficient (Wildman–Crippen LogP) is 2.81. The molecule has 0 aliphatic carbocycles. The van der Waals surface area contributed by atoms with Gasteiger partial charge in [-0.2, -0.15) is 5.10 Å². The summed E-state index contributed by atoms with van der Waals surface area (Å²) in [5.41, 5.74) is 4.14. The Morgan fingerprint density at radius 2 is 2.00 bits per heavy atom. The van der Waals surface area contributed by atoms with Crippen molar-refractivity contribution in [1.82, 2.24) is 10.7 Å². The smallest absolute Gasteiger partial charge is 0.329 e. The number of anilines is 1. The molecule has 192 valence electrons. The van der Waals surface area contributed by atoms with Gasteiger partial charge in [0.15, 0.2) is 18.1 Å². The number of ether oxygens (including phenoxy) is 3. The summed E-state index contributed by atoms with van der Waals surface area (Å²) >= 11 is 6.09. The van der Waals surface area contributed by atoms with Crippen molar-refractivity contribution in [2.24, 2.45) is 5.10 Å². The van der Waals surface area contributed by atoms with Gasteiger partial charge in [0.1, 0.15) is 0 Å².